The maximum Gasteiger partial charge on any atom is 0.321 e. The summed E-state index contributed by atoms with van der Waals surface area (Å²) in [5, 5.41) is 7.02. The number of benzene rings is 1. The minimum atomic E-state index is 0.303. The second-order valence-electron chi connectivity index (χ2n) is 4.30. The molecule has 0 fully saturated rings. The van der Waals surface area contributed by atoms with Crippen LogP contribution in [0.15, 0.2) is 34.9 Å². The number of hydrogen-bond acceptors (Lipinski definition) is 4. The standard InChI is InChI=1S/C13H17N3O/c1-10(2)14-13-15-12(16-17-13)9-8-11-6-4-3-5-7-11/h3-7,10H,8-9H2,1-2H3,(H,14,15,16). The van der Waals surface area contributed by atoms with Crippen LogP contribution in [0.25, 0.3) is 0 Å². The summed E-state index contributed by atoms with van der Waals surface area (Å²) >= 11 is 0. The molecule has 1 aromatic heterocycles. The third-order valence-corrected chi connectivity index (χ3v) is 2.36. The van der Waals surface area contributed by atoms with Gasteiger partial charge in [-0.25, -0.2) is 0 Å². The average Bonchev–Trinajstić information content (AvgIpc) is 2.75. The number of nitrogens with one attached hydrogen (secondary N) is 1. The fraction of sp³-hybridized carbons (Fsp3) is 0.385. The zero-order chi connectivity index (χ0) is 12.1. The van der Waals surface area contributed by atoms with Crippen molar-refractivity contribution in [2.24, 2.45) is 0 Å². The van der Waals surface area contributed by atoms with Crippen molar-refractivity contribution in [3.8, 4) is 0 Å². The molecule has 4 heteroatoms. The lowest BCUT2D eigenvalue weighted by molar-refractivity contribution is 0.420. The predicted octanol–water partition coefficient (Wildman–Crippen LogP) is 2.68. The summed E-state index contributed by atoms with van der Waals surface area (Å²) in [4.78, 5) is 4.28. The van der Waals surface area contributed by atoms with Gasteiger partial charge < -0.3 is 9.84 Å². The van der Waals surface area contributed by atoms with Crippen molar-refractivity contribution < 1.29 is 4.52 Å². The van der Waals surface area contributed by atoms with Gasteiger partial charge in [0.15, 0.2) is 5.82 Å². The average molecular weight is 231 g/mol. The highest BCUT2D eigenvalue weighted by molar-refractivity contribution is 5.20. The van der Waals surface area contributed by atoms with E-state index < -0.39 is 0 Å². The first-order valence-electron chi connectivity index (χ1n) is 5.87. The molecule has 2 aromatic rings. The van der Waals surface area contributed by atoms with E-state index in [1.807, 2.05) is 32.0 Å². The van der Waals surface area contributed by atoms with E-state index in [0.717, 1.165) is 18.7 Å². The summed E-state index contributed by atoms with van der Waals surface area (Å²) in [7, 11) is 0. The van der Waals surface area contributed by atoms with Gasteiger partial charge in [-0.15, -0.1) is 0 Å². The molecule has 0 saturated carbocycles. The van der Waals surface area contributed by atoms with Gasteiger partial charge in [0.05, 0.1) is 0 Å². The number of aromatic nitrogens is 2. The Morgan fingerprint density at radius 1 is 1.18 bits per heavy atom. The first kappa shape index (κ1) is 11.6. The summed E-state index contributed by atoms with van der Waals surface area (Å²) in [6.07, 6.45) is 1.73. The first-order valence-corrected chi connectivity index (χ1v) is 5.87. The second kappa shape index (κ2) is 5.48. The smallest absolute Gasteiger partial charge is 0.321 e. The van der Waals surface area contributed by atoms with Crippen molar-refractivity contribution in [3.05, 3.63) is 41.7 Å². The van der Waals surface area contributed by atoms with Crippen LogP contribution in [0, 0.1) is 0 Å². The molecule has 0 aliphatic carbocycles. The number of nitrogens with zero attached hydrogens (tertiary/aromatic N) is 2. The van der Waals surface area contributed by atoms with E-state index in [1.165, 1.54) is 5.56 Å². The second-order valence-corrected chi connectivity index (χ2v) is 4.30. The van der Waals surface area contributed by atoms with Crippen LogP contribution in [0.5, 0.6) is 0 Å². The van der Waals surface area contributed by atoms with Crippen molar-refractivity contribution in [2.45, 2.75) is 32.7 Å². The number of rotatable bonds is 5. The van der Waals surface area contributed by atoms with Gasteiger partial charge in [-0.2, -0.15) is 4.98 Å². The summed E-state index contributed by atoms with van der Waals surface area (Å²) in [5.41, 5.74) is 1.29. The van der Waals surface area contributed by atoms with E-state index in [1.54, 1.807) is 0 Å². The minimum Gasteiger partial charge on any atom is -0.336 e. The molecule has 4 nitrogen and oxygen atoms in total. The summed E-state index contributed by atoms with van der Waals surface area (Å²) in [6.45, 7) is 4.07. The zero-order valence-electron chi connectivity index (χ0n) is 10.2. The van der Waals surface area contributed by atoms with Gasteiger partial charge >= 0.3 is 6.01 Å². The molecular formula is C13H17N3O. The monoisotopic (exact) mass is 231 g/mol. The Morgan fingerprint density at radius 2 is 1.94 bits per heavy atom. The Balaban J connectivity index is 1.89. The molecular weight excluding hydrogens is 214 g/mol. The summed E-state index contributed by atoms with van der Waals surface area (Å²) in [6, 6.07) is 11.1. The predicted molar refractivity (Wildman–Crippen MR) is 66.9 cm³/mol. The van der Waals surface area contributed by atoms with Crippen LogP contribution in [-0.4, -0.2) is 16.2 Å². The van der Waals surface area contributed by atoms with Crippen LogP contribution in [0.2, 0.25) is 0 Å². The number of anilines is 1. The highest BCUT2D eigenvalue weighted by atomic mass is 16.5. The van der Waals surface area contributed by atoms with Crippen LogP contribution >= 0.6 is 0 Å². The molecule has 0 spiro atoms. The largest absolute Gasteiger partial charge is 0.336 e. The molecule has 0 bridgehead atoms. The van der Waals surface area contributed by atoms with E-state index >= 15 is 0 Å². The lowest BCUT2D eigenvalue weighted by Gasteiger charge is -2.01. The quantitative estimate of drug-likeness (QED) is 0.859. The van der Waals surface area contributed by atoms with Crippen LogP contribution in [0.3, 0.4) is 0 Å². The van der Waals surface area contributed by atoms with Crippen molar-refractivity contribution >= 4 is 6.01 Å². The highest BCUT2D eigenvalue weighted by Crippen LogP contribution is 2.08. The topological polar surface area (TPSA) is 51.0 Å². The Morgan fingerprint density at radius 3 is 2.65 bits per heavy atom. The van der Waals surface area contributed by atoms with Crippen molar-refractivity contribution in [3.63, 3.8) is 0 Å². The molecule has 90 valence electrons. The highest BCUT2D eigenvalue weighted by Gasteiger charge is 2.06. The van der Waals surface area contributed by atoms with Gasteiger partial charge in [0.1, 0.15) is 0 Å². The third kappa shape index (κ3) is 3.59. The zero-order valence-corrected chi connectivity index (χ0v) is 10.2. The van der Waals surface area contributed by atoms with E-state index in [2.05, 4.69) is 27.6 Å². The molecule has 1 heterocycles. The first-order chi connectivity index (χ1) is 8.24. The van der Waals surface area contributed by atoms with Crippen molar-refractivity contribution in [2.75, 3.05) is 5.32 Å². The minimum absolute atomic E-state index is 0.303. The van der Waals surface area contributed by atoms with Gasteiger partial charge in [0, 0.05) is 12.5 Å². The molecule has 0 aliphatic heterocycles. The Hall–Kier alpha value is -1.84. The van der Waals surface area contributed by atoms with Gasteiger partial charge in [-0.1, -0.05) is 35.5 Å². The summed E-state index contributed by atoms with van der Waals surface area (Å²) in [5.74, 6) is 0.747. The van der Waals surface area contributed by atoms with Gasteiger partial charge in [0.25, 0.3) is 0 Å². The molecule has 0 unspecified atom stereocenters. The fourth-order valence-electron chi connectivity index (χ4n) is 1.56. The molecule has 2 rings (SSSR count). The molecule has 0 radical (unpaired) electrons. The number of hydrogen-bond donors (Lipinski definition) is 1. The SMILES string of the molecule is CC(C)Nc1nc(CCc2ccccc2)no1. The molecule has 17 heavy (non-hydrogen) atoms. The lowest BCUT2D eigenvalue weighted by Crippen LogP contribution is -2.09. The van der Waals surface area contributed by atoms with Crippen LogP contribution in [-0.2, 0) is 12.8 Å². The van der Waals surface area contributed by atoms with Crippen LogP contribution in [0.1, 0.15) is 25.2 Å². The van der Waals surface area contributed by atoms with Crippen molar-refractivity contribution in [1.29, 1.82) is 0 Å². The maximum absolute atomic E-state index is 5.09. The molecule has 0 amide bonds. The van der Waals surface area contributed by atoms with Gasteiger partial charge in [0.2, 0.25) is 0 Å². The Kier molecular flexibility index (Phi) is 3.75. The fourth-order valence-corrected chi connectivity index (χ4v) is 1.56. The molecule has 0 aliphatic rings. The normalized spacial score (nSPS) is 10.8. The lowest BCUT2D eigenvalue weighted by atomic mass is 10.1. The number of aryl methyl sites for hydroxylation is 2. The Bertz CT molecular complexity index is 451. The van der Waals surface area contributed by atoms with E-state index in [0.29, 0.717) is 12.1 Å². The van der Waals surface area contributed by atoms with Gasteiger partial charge in [-0.3, -0.25) is 0 Å². The van der Waals surface area contributed by atoms with E-state index in [4.69, 9.17) is 4.52 Å². The molecule has 1 aromatic carbocycles. The molecule has 0 saturated heterocycles. The Labute approximate surface area is 101 Å². The molecule has 1 N–H and O–H groups in total. The third-order valence-electron chi connectivity index (χ3n) is 2.36. The molecule has 0 atom stereocenters. The van der Waals surface area contributed by atoms with Gasteiger partial charge in [-0.05, 0) is 25.8 Å². The summed E-state index contributed by atoms with van der Waals surface area (Å²) < 4.78 is 5.09. The van der Waals surface area contributed by atoms with Crippen LogP contribution in [0.4, 0.5) is 6.01 Å². The van der Waals surface area contributed by atoms with Crippen molar-refractivity contribution in [1.82, 2.24) is 10.1 Å². The maximum atomic E-state index is 5.09. The van der Waals surface area contributed by atoms with E-state index in [-0.39, 0.29) is 0 Å². The van der Waals surface area contributed by atoms with E-state index in [9.17, 15) is 0 Å². The van der Waals surface area contributed by atoms with Crippen LogP contribution < -0.4 is 5.32 Å².